The zero-order valence-electron chi connectivity index (χ0n) is 10.4. The van der Waals surface area contributed by atoms with Crippen molar-refractivity contribution in [2.24, 2.45) is 0 Å². The zero-order valence-corrected chi connectivity index (χ0v) is 11.1. The van der Waals surface area contributed by atoms with Crippen LogP contribution < -0.4 is 5.32 Å². The Morgan fingerprint density at radius 3 is 2.63 bits per heavy atom. The lowest BCUT2D eigenvalue weighted by Gasteiger charge is -2.09. The van der Waals surface area contributed by atoms with Gasteiger partial charge >= 0.3 is 0 Å². The lowest BCUT2D eigenvalue weighted by molar-refractivity contribution is -0.384. The number of nitrogens with zero attached hydrogens (tertiary/aromatic N) is 1. The van der Waals surface area contributed by atoms with Crippen LogP contribution in [0.15, 0.2) is 42.5 Å². The van der Waals surface area contributed by atoms with Crippen molar-refractivity contribution in [1.29, 1.82) is 0 Å². The monoisotopic (exact) mass is 276 g/mol. The fraction of sp³-hybridized carbons (Fsp3) is 0.143. The van der Waals surface area contributed by atoms with Crippen LogP contribution in [0, 0.1) is 17.0 Å². The highest BCUT2D eigenvalue weighted by atomic mass is 35.5. The third-order valence-electron chi connectivity index (χ3n) is 2.89. The first-order chi connectivity index (χ1) is 9.08. The Balaban J connectivity index is 2.11. The molecule has 0 bridgehead atoms. The third-order valence-corrected chi connectivity index (χ3v) is 3.19. The van der Waals surface area contributed by atoms with Crippen LogP contribution in [0.3, 0.4) is 0 Å². The minimum atomic E-state index is -0.493. The maximum Gasteiger partial charge on any atom is 0.288 e. The molecule has 5 heteroatoms. The molecule has 0 radical (unpaired) electrons. The molecule has 2 aromatic carbocycles. The van der Waals surface area contributed by atoms with E-state index in [0.717, 1.165) is 5.69 Å². The van der Waals surface area contributed by atoms with E-state index in [0.29, 0.717) is 6.54 Å². The molecule has 19 heavy (non-hydrogen) atoms. The van der Waals surface area contributed by atoms with Gasteiger partial charge in [0.2, 0.25) is 0 Å². The van der Waals surface area contributed by atoms with Gasteiger partial charge in [-0.2, -0.15) is 0 Å². The first-order valence-electron chi connectivity index (χ1n) is 5.80. The van der Waals surface area contributed by atoms with Crippen molar-refractivity contribution in [3.05, 3.63) is 68.7 Å². The number of halogens is 1. The van der Waals surface area contributed by atoms with Gasteiger partial charge in [-0.25, -0.2) is 0 Å². The summed E-state index contributed by atoms with van der Waals surface area (Å²) in [5.74, 6) is 0. The molecule has 4 nitrogen and oxygen atoms in total. The maximum atomic E-state index is 10.7. The molecule has 0 aromatic heterocycles. The minimum absolute atomic E-state index is 0.0805. The third kappa shape index (κ3) is 3.23. The molecular weight excluding hydrogens is 264 g/mol. The van der Waals surface area contributed by atoms with E-state index < -0.39 is 4.92 Å². The van der Waals surface area contributed by atoms with E-state index in [1.54, 1.807) is 12.1 Å². The van der Waals surface area contributed by atoms with Crippen molar-refractivity contribution in [1.82, 2.24) is 0 Å². The molecule has 0 saturated carbocycles. The number of hydrogen-bond acceptors (Lipinski definition) is 3. The predicted octanol–water partition coefficient (Wildman–Crippen LogP) is 4.17. The smallest absolute Gasteiger partial charge is 0.288 e. The van der Waals surface area contributed by atoms with Gasteiger partial charge in [0.25, 0.3) is 5.69 Å². The number of anilines is 1. The van der Waals surface area contributed by atoms with Crippen molar-refractivity contribution < 1.29 is 4.92 Å². The normalized spacial score (nSPS) is 10.2. The Labute approximate surface area is 116 Å². The Morgan fingerprint density at radius 2 is 2.00 bits per heavy atom. The summed E-state index contributed by atoms with van der Waals surface area (Å²) in [4.78, 5) is 10.2. The maximum absolute atomic E-state index is 10.7. The van der Waals surface area contributed by atoms with E-state index in [9.17, 15) is 10.1 Å². The topological polar surface area (TPSA) is 55.2 Å². The Bertz CT molecular complexity index is 614. The molecule has 2 aromatic rings. The highest BCUT2D eigenvalue weighted by molar-refractivity contribution is 6.32. The fourth-order valence-electron chi connectivity index (χ4n) is 1.77. The number of benzene rings is 2. The number of nitro groups is 1. The number of nitrogens with one attached hydrogen (secondary N) is 1. The van der Waals surface area contributed by atoms with E-state index in [4.69, 9.17) is 11.6 Å². The van der Waals surface area contributed by atoms with Crippen LogP contribution in [-0.2, 0) is 6.54 Å². The molecule has 0 aliphatic rings. The number of rotatable bonds is 4. The van der Waals surface area contributed by atoms with Gasteiger partial charge in [-0.15, -0.1) is 0 Å². The summed E-state index contributed by atoms with van der Waals surface area (Å²) < 4.78 is 0. The van der Waals surface area contributed by atoms with Crippen molar-refractivity contribution in [3.8, 4) is 0 Å². The quantitative estimate of drug-likeness (QED) is 0.673. The SMILES string of the molecule is Cc1ccccc1CNc1ccc([N+](=O)[O-])c(Cl)c1. The van der Waals surface area contributed by atoms with Crippen LogP contribution in [0.25, 0.3) is 0 Å². The van der Waals surface area contributed by atoms with Gasteiger partial charge < -0.3 is 5.32 Å². The molecule has 0 fully saturated rings. The average Bonchev–Trinajstić information content (AvgIpc) is 2.37. The summed E-state index contributed by atoms with van der Waals surface area (Å²) in [6.45, 7) is 2.70. The zero-order chi connectivity index (χ0) is 13.8. The molecule has 0 atom stereocenters. The second-order valence-corrected chi connectivity index (χ2v) is 4.61. The van der Waals surface area contributed by atoms with Crippen LogP contribution in [-0.4, -0.2) is 4.92 Å². The molecule has 98 valence electrons. The predicted molar refractivity (Wildman–Crippen MR) is 76.6 cm³/mol. The highest BCUT2D eigenvalue weighted by Gasteiger charge is 2.11. The molecule has 0 aliphatic carbocycles. The van der Waals surface area contributed by atoms with Crippen LogP contribution in [0.1, 0.15) is 11.1 Å². The Morgan fingerprint density at radius 1 is 1.26 bits per heavy atom. The second kappa shape index (κ2) is 5.71. The van der Waals surface area contributed by atoms with E-state index in [2.05, 4.69) is 5.32 Å². The van der Waals surface area contributed by atoms with Gasteiger partial charge in [0, 0.05) is 18.3 Å². The van der Waals surface area contributed by atoms with E-state index >= 15 is 0 Å². The highest BCUT2D eigenvalue weighted by Crippen LogP contribution is 2.27. The van der Waals surface area contributed by atoms with E-state index in [1.165, 1.54) is 17.2 Å². The van der Waals surface area contributed by atoms with E-state index in [-0.39, 0.29) is 10.7 Å². The summed E-state index contributed by atoms with van der Waals surface area (Å²) in [5.41, 5.74) is 3.06. The van der Waals surface area contributed by atoms with Crippen LogP contribution in [0.2, 0.25) is 5.02 Å². The summed E-state index contributed by atoms with van der Waals surface area (Å²) in [5, 5.41) is 14.0. The number of nitro benzene ring substituents is 1. The summed E-state index contributed by atoms with van der Waals surface area (Å²) in [6, 6.07) is 12.7. The summed E-state index contributed by atoms with van der Waals surface area (Å²) >= 11 is 5.86. The summed E-state index contributed by atoms with van der Waals surface area (Å²) in [6.07, 6.45) is 0. The fourth-order valence-corrected chi connectivity index (χ4v) is 2.02. The molecule has 0 aliphatic heterocycles. The number of hydrogen-bond donors (Lipinski definition) is 1. The molecule has 0 amide bonds. The molecule has 0 unspecified atom stereocenters. The lowest BCUT2D eigenvalue weighted by atomic mass is 10.1. The van der Waals surface area contributed by atoms with Gasteiger partial charge in [0.15, 0.2) is 0 Å². The van der Waals surface area contributed by atoms with Crippen LogP contribution in [0.5, 0.6) is 0 Å². The molecule has 1 N–H and O–H groups in total. The molecular formula is C14H13ClN2O2. The summed E-state index contributed by atoms with van der Waals surface area (Å²) in [7, 11) is 0. The van der Waals surface area contributed by atoms with Crippen LogP contribution in [0.4, 0.5) is 11.4 Å². The van der Waals surface area contributed by atoms with Gasteiger partial charge in [-0.3, -0.25) is 10.1 Å². The van der Waals surface area contributed by atoms with Gasteiger partial charge in [-0.1, -0.05) is 35.9 Å². The molecule has 0 spiro atoms. The average molecular weight is 277 g/mol. The first kappa shape index (κ1) is 13.4. The Hall–Kier alpha value is -2.07. The van der Waals surface area contributed by atoms with Gasteiger partial charge in [0.1, 0.15) is 5.02 Å². The van der Waals surface area contributed by atoms with Gasteiger partial charge in [0.05, 0.1) is 4.92 Å². The largest absolute Gasteiger partial charge is 0.381 e. The second-order valence-electron chi connectivity index (χ2n) is 4.20. The molecule has 2 rings (SSSR count). The first-order valence-corrected chi connectivity index (χ1v) is 6.18. The van der Waals surface area contributed by atoms with Crippen LogP contribution >= 0.6 is 11.6 Å². The molecule has 0 heterocycles. The standard InChI is InChI=1S/C14H13ClN2O2/c1-10-4-2-3-5-11(10)9-16-12-6-7-14(17(18)19)13(15)8-12/h2-8,16H,9H2,1H3. The van der Waals surface area contributed by atoms with Crippen molar-refractivity contribution in [2.75, 3.05) is 5.32 Å². The Kier molecular flexibility index (Phi) is 4.02. The van der Waals surface area contributed by atoms with Crippen molar-refractivity contribution in [2.45, 2.75) is 13.5 Å². The lowest BCUT2D eigenvalue weighted by Crippen LogP contribution is -2.01. The number of aryl methyl sites for hydroxylation is 1. The minimum Gasteiger partial charge on any atom is -0.381 e. The van der Waals surface area contributed by atoms with Gasteiger partial charge in [-0.05, 0) is 30.2 Å². The van der Waals surface area contributed by atoms with Crippen molar-refractivity contribution in [3.63, 3.8) is 0 Å². The van der Waals surface area contributed by atoms with E-state index in [1.807, 2.05) is 31.2 Å². The molecule has 0 saturated heterocycles. The van der Waals surface area contributed by atoms with Crippen molar-refractivity contribution >= 4 is 23.0 Å².